The van der Waals surface area contributed by atoms with Crippen LogP contribution in [-0.2, 0) is 9.47 Å². The zero-order valence-corrected chi connectivity index (χ0v) is 21.8. The van der Waals surface area contributed by atoms with Crippen LogP contribution < -0.4 is 10.2 Å². The van der Waals surface area contributed by atoms with Gasteiger partial charge < -0.3 is 19.2 Å². The molecule has 2 aromatic heterocycles. The van der Waals surface area contributed by atoms with Crippen molar-refractivity contribution in [2.75, 3.05) is 16.8 Å². The van der Waals surface area contributed by atoms with Gasteiger partial charge >= 0.3 is 6.09 Å². The molecule has 1 amide bonds. The molecular formula is C25H29ClFN5O4. The summed E-state index contributed by atoms with van der Waals surface area (Å²) in [5, 5.41) is 3.70. The van der Waals surface area contributed by atoms with Crippen LogP contribution in [0, 0.1) is 12.7 Å². The molecule has 9 nitrogen and oxygen atoms in total. The highest BCUT2D eigenvalue weighted by Gasteiger charge is 2.42. The van der Waals surface area contributed by atoms with E-state index >= 15 is 0 Å². The zero-order valence-electron chi connectivity index (χ0n) is 21.0. The van der Waals surface area contributed by atoms with Crippen molar-refractivity contribution in [2.24, 2.45) is 0 Å². The number of carbonyl (C=O) groups excluding carboxylic acids is 1. The highest BCUT2D eigenvalue weighted by molar-refractivity contribution is 6.30. The third-order valence-corrected chi connectivity index (χ3v) is 5.83. The van der Waals surface area contributed by atoms with Gasteiger partial charge in [-0.15, -0.1) is 0 Å². The number of halogens is 2. The number of amides is 1. The van der Waals surface area contributed by atoms with Gasteiger partial charge in [-0.05, 0) is 65.8 Å². The molecular weight excluding hydrogens is 489 g/mol. The smallest absolute Gasteiger partial charge is 0.416 e. The molecule has 11 heteroatoms. The first-order chi connectivity index (χ1) is 16.9. The fourth-order valence-corrected chi connectivity index (χ4v) is 4.11. The first kappa shape index (κ1) is 25.8. The van der Waals surface area contributed by atoms with E-state index in [1.807, 2.05) is 53.7 Å². The predicted octanol–water partition coefficient (Wildman–Crippen LogP) is 5.93. The number of nitrogens with zero attached hydrogens (tertiary/aromatic N) is 4. The van der Waals surface area contributed by atoms with Gasteiger partial charge in [0, 0.05) is 10.6 Å². The van der Waals surface area contributed by atoms with E-state index in [1.54, 1.807) is 12.1 Å². The van der Waals surface area contributed by atoms with Gasteiger partial charge in [0.25, 0.3) is 0 Å². The Balaban J connectivity index is 1.56. The Labute approximate surface area is 214 Å². The van der Waals surface area contributed by atoms with Crippen molar-refractivity contribution in [3.05, 3.63) is 52.9 Å². The molecule has 1 fully saturated rings. The van der Waals surface area contributed by atoms with E-state index in [9.17, 15) is 9.18 Å². The molecule has 0 radical (unpaired) electrons. The third-order valence-electron chi connectivity index (χ3n) is 5.58. The Morgan fingerprint density at radius 1 is 1.22 bits per heavy atom. The van der Waals surface area contributed by atoms with Crippen LogP contribution in [0.3, 0.4) is 0 Å². The van der Waals surface area contributed by atoms with Gasteiger partial charge in [-0.1, -0.05) is 11.6 Å². The van der Waals surface area contributed by atoms with Gasteiger partial charge in [0.15, 0.2) is 17.4 Å². The van der Waals surface area contributed by atoms with Gasteiger partial charge in [-0.3, -0.25) is 0 Å². The normalized spacial score (nSPS) is 17.7. The second kappa shape index (κ2) is 10.0. The van der Waals surface area contributed by atoms with Crippen LogP contribution in [-0.4, -0.2) is 45.4 Å². The monoisotopic (exact) mass is 517 g/mol. The van der Waals surface area contributed by atoms with Crippen LogP contribution in [0.25, 0.3) is 11.3 Å². The summed E-state index contributed by atoms with van der Waals surface area (Å²) in [6.45, 7) is 11.2. The third kappa shape index (κ3) is 5.60. The lowest BCUT2D eigenvalue weighted by atomic mass is 10.1. The molecule has 1 aliphatic rings. The van der Waals surface area contributed by atoms with Gasteiger partial charge in [-0.2, -0.15) is 4.98 Å². The molecule has 1 aromatic carbocycles. The van der Waals surface area contributed by atoms with Gasteiger partial charge in [-0.25, -0.2) is 24.1 Å². The number of benzene rings is 1. The van der Waals surface area contributed by atoms with Gasteiger partial charge in [0.2, 0.25) is 11.8 Å². The lowest BCUT2D eigenvalue weighted by molar-refractivity contribution is -0.0618. The number of oxazole rings is 1. The minimum Gasteiger partial charge on any atom is -0.447 e. The van der Waals surface area contributed by atoms with Crippen molar-refractivity contribution >= 4 is 29.5 Å². The summed E-state index contributed by atoms with van der Waals surface area (Å²) in [6.07, 6.45) is -0.116. The van der Waals surface area contributed by atoms with Crippen molar-refractivity contribution in [1.82, 2.24) is 15.0 Å². The Hall–Kier alpha value is -3.24. The molecule has 4 rings (SSSR count). The van der Waals surface area contributed by atoms with E-state index in [4.69, 9.17) is 25.5 Å². The molecule has 1 aliphatic heterocycles. The number of anilines is 2. The van der Waals surface area contributed by atoms with Gasteiger partial charge in [0.05, 0.1) is 23.6 Å². The first-order valence-corrected chi connectivity index (χ1v) is 12.0. The Kier molecular flexibility index (Phi) is 7.19. The maximum Gasteiger partial charge on any atom is 0.416 e. The number of hydrogen-bond donors (Lipinski definition) is 1. The zero-order chi connectivity index (χ0) is 26.2. The van der Waals surface area contributed by atoms with Crippen molar-refractivity contribution in [1.29, 1.82) is 0 Å². The van der Waals surface area contributed by atoms with E-state index in [-0.39, 0.29) is 18.4 Å². The largest absolute Gasteiger partial charge is 0.447 e. The van der Waals surface area contributed by atoms with Crippen molar-refractivity contribution in [2.45, 2.75) is 65.3 Å². The minimum atomic E-state index is -0.753. The van der Waals surface area contributed by atoms with Crippen molar-refractivity contribution < 1.29 is 23.1 Å². The number of ether oxygens (including phenoxy) is 2. The van der Waals surface area contributed by atoms with Crippen LogP contribution in [0.2, 0.25) is 5.02 Å². The van der Waals surface area contributed by atoms with Crippen LogP contribution in [0.1, 0.15) is 52.2 Å². The molecule has 0 saturated carbocycles. The fourth-order valence-electron chi connectivity index (χ4n) is 3.98. The minimum absolute atomic E-state index is 0.0573. The average Bonchev–Trinajstić information content (AvgIpc) is 3.37. The number of aryl methyl sites for hydroxylation is 1. The molecule has 3 heterocycles. The summed E-state index contributed by atoms with van der Waals surface area (Å²) in [5.41, 5.74) is 1.09. The molecule has 3 aromatic rings. The summed E-state index contributed by atoms with van der Waals surface area (Å²) in [4.78, 5) is 26.5. The van der Waals surface area contributed by atoms with E-state index in [1.165, 1.54) is 4.90 Å². The summed E-state index contributed by atoms with van der Waals surface area (Å²) in [5.74, 6) is 0.175. The summed E-state index contributed by atoms with van der Waals surface area (Å²) in [7, 11) is 0. The Morgan fingerprint density at radius 3 is 2.58 bits per heavy atom. The summed E-state index contributed by atoms with van der Waals surface area (Å²) < 4.78 is 32.0. The van der Waals surface area contributed by atoms with Crippen LogP contribution >= 0.6 is 11.6 Å². The lowest BCUT2D eigenvalue weighted by Gasteiger charge is -2.31. The number of nitrogens with one attached hydrogen (secondary N) is 1. The number of aromatic nitrogens is 3. The standard InChI is InChI=1S/C25H29ClFN5O4/c1-13-20(16-7-9-17(26)10-8-16)35-22(29-13)14(2)30-23-28-11-18(27)21(31-23)32-19(12-34-24(32)33)15(3)36-25(4,5)6/h7-11,14-15,19H,12H2,1-6H3,(H,28,30,31)/t14?,15-,19-/m1/s1. The summed E-state index contributed by atoms with van der Waals surface area (Å²) in [6, 6.07) is 6.25. The molecule has 3 atom stereocenters. The predicted molar refractivity (Wildman–Crippen MR) is 134 cm³/mol. The summed E-state index contributed by atoms with van der Waals surface area (Å²) >= 11 is 5.98. The quantitative estimate of drug-likeness (QED) is 0.411. The molecule has 0 bridgehead atoms. The maximum absolute atomic E-state index is 14.8. The number of rotatable bonds is 7. The molecule has 1 saturated heterocycles. The van der Waals surface area contributed by atoms with Gasteiger partial charge in [0.1, 0.15) is 18.7 Å². The topological polar surface area (TPSA) is 103 Å². The second-order valence-electron chi connectivity index (χ2n) is 9.65. The van der Waals surface area contributed by atoms with Crippen LogP contribution in [0.4, 0.5) is 21.0 Å². The fraction of sp³-hybridized carbons (Fsp3) is 0.440. The van der Waals surface area contributed by atoms with Crippen molar-refractivity contribution in [3.63, 3.8) is 0 Å². The van der Waals surface area contributed by atoms with E-state index in [2.05, 4.69) is 20.3 Å². The molecule has 1 N–H and O–H groups in total. The number of carbonyl (C=O) groups is 1. The average molecular weight is 518 g/mol. The molecule has 0 aliphatic carbocycles. The highest BCUT2D eigenvalue weighted by Crippen LogP contribution is 2.31. The Morgan fingerprint density at radius 2 is 1.92 bits per heavy atom. The lowest BCUT2D eigenvalue weighted by Crippen LogP contribution is -2.45. The molecule has 36 heavy (non-hydrogen) atoms. The Bertz CT molecular complexity index is 1240. The molecule has 0 spiro atoms. The van der Waals surface area contributed by atoms with E-state index < -0.39 is 35.7 Å². The molecule has 192 valence electrons. The number of cyclic esters (lactones) is 1. The van der Waals surface area contributed by atoms with E-state index in [0.29, 0.717) is 22.4 Å². The maximum atomic E-state index is 14.8. The number of hydrogen-bond acceptors (Lipinski definition) is 8. The van der Waals surface area contributed by atoms with Crippen LogP contribution in [0.15, 0.2) is 34.9 Å². The highest BCUT2D eigenvalue weighted by atomic mass is 35.5. The molecule has 1 unspecified atom stereocenters. The SMILES string of the molecule is Cc1nc(C(C)Nc2ncc(F)c(N3C(=O)OC[C@@H]3[C@@H](C)OC(C)(C)C)n2)oc1-c1ccc(Cl)cc1. The second-order valence-corrected chi connectivity index (χ2v) is 10.1. The van der Waals surface area contributed by atoms with Crippen molar-refractivity contribution in [3.8, 4) is 11.3 Å². The van der Waals surface area contributed by atoms with Crippen LogP contribution in [0.5, 0.6) is 0 Å². The first-order valence-electron chi connectivity index (χ1n) is 11.6. The van der Waals surface area contributed by atoms with E-state index in [0.717, 1.165) is 11.8 Å².